The number of hydrogen-bond acceptors (Lipinski definition) is 1. The highest BCUT2D eigenvalue weighted by Crippen LogP contribution is 2.18. The number of rotatable bonds is 6. The number of ketones is 1. The minimum Gasteiger partial charge on any atom is -0.294 e. The smallest absolute Gasteiger partial charge is 0.165 e. The lowest BCUT2D eigenvalue weighted by Gasteiger charge is -2.12. The van der Waals surface area contributed by atoms with Gasteiger partial charge in [0, 0.05) is 11.5 Å². The highest BCUT2D eigenvalue weighted by molar-refractivity contribution is 14.1. The van der Waals surface area contributed by atoms with Crippen LogP contribution in [0, 0.1) is 5.92 Å². The Morgan fingerprint density at radius 3 is 2.53 bits per heavy atom. The second-order valence-electron chi connectivity index (χ2n) is 3.67. The Morgan fingerprint density at radius 2 is 2.00 bits per heavy atom. The summed E-state index contributed by atoms with van der Waals surface area (Å²) in [6.07, 6.45) is 3.11. The molecule has 0 saturated heterocycles. The maximum atomic E-state index is 12.1. The molecule has 1 rings (SSSR count). The zero-order valence-electron chi connectivity index (χ0n) is 9.08. The number of benzene rings is 1. The summed E-state index contributed by atoms with van der Waals surface area (Å²) in [5.74, 6) is 0.519. The molecule has 82 valence electrons. The van der Waals surface area contributed by atoms with Crippen molar-refractivity contribution in [1.29, 1.82) is 0 Å². The van der Waals surface area contributed by atoms with Crippen molar-refractivity contribution in [3.63, 3.8) is 0 Å². The number of alkyl halides is 1. The van der Waals surface area contributed by atoms with Crippen LogP contribution in [0.3, 0.4) is 0 Å². The van der Waals surface area contributed by atoms with Gasteiger partial charge in [-0.25, -0.2) is 0 Å². The van der Waals surface area contributed by atoms with E-state index in [1.807, 2.05) is 30.3 Å². The number of carbonyl (C=O) groups excluding carboxylic acids is 1. The zero-order valence-corrected chi connectivity index (χ0v) is 11.2. The summed E-state index contributed by atoms with van der Waals surface area (Å²) in [7, 11) is 0. The molecule has 1 unspecified atom stereocenters. The van der Waals surface area contributed by atoms with E-state index >= 15 is 0 Å². The van der Waals surface area contributed by atoms with Crippen LogP contribution in [-0.4, -0.2) is 10.2 Å². The molecule has 0 amide bonds. The van der Waals surface area contributed by atoms with Crippen LogP contribution in [0.1, 0.15) is 36.5 Å². The summed E-state index contributed by atoms with van der Waals surface area (Å²) < 4.78 is 1.14. The Morgan fingerprint density at radius 1 is 1.33 bits per heavy atom. The minimum absolute atomic E-state index is 0.210. The molecule has 0 bridgehead atoms. The van der Waals surface area contributed by atoms with Gasteiger partial charge in [-0.1, -0.05) is 59.8 Å². The van der Waals surface area contributed by atoms with Gasteiger partial charge in [0.25, 0.3) is 0 Å². The van der Waals surface area contributed by atoms with Crippen molar-refractivity contribution in [1.82, 2.24) is 0 Å². The monoisotopic (exact) mass is 316 g/mol. The van der Waals surface area contributed by atoms with E-state index in [2.05, 4.69) is 29.5 Å². The highest BCUT2D eigenvalue weighted by Gasteiger charge is 2.16. The standard InChI is InChI=1S/C13H17IO/c1-2-11(9-6-10-14)13(15)12-7-4-3-5-8-12/h3-5,7-8,11H,2,6,9-10H2,1H3. The molecule has 1 aromatic carbocycles. The summed E-state index contributed by atoms with van der Waals surface area (Å²) in [5.41, 5.74) is 0.859. The first-order valence-corrected chi connectivity index (χ1v) is 6.97. The second kappa shape index (κ2) is 6.99. The Balaban J connectivity index is 2.65. The molecule has 1 aromatic rings. The predicted molar refractivity (Wildman–Crippen MR) is 72.7 cm³/mol. The third kappa shape index (κ3) is 3.93. The molecule has 0 aliphatic rings. The molecular weight excluding hydrogens is 299 g/mol. The Labute approximate surface area is 105 Å². The van der Waals surface area contributed by atoms with Gasteiger partial charge in [-0.05, 0) is 23.7 Å². The second-order valence-corrected chi connectivity index (χ2v) is 4.75. The summed E-state index contributed by atoms with van der Waals surface area (Å²) in [6.45, 7) is 2.10. The van der Waals surface area contributed by atoms with Crippen LogP contribution in [0.25, 0.3) is 0 Å². The van der Waals surface area contributed by atoms with E-state index in [0.717, 1.165) is 29.3 Å². The Kier molecular flexibility index (Phi) is 5.91. The van der Waals surface area contributed by atoms with Gasteiger partial charge in [0.05, 0.1) is 0 Å². The summed E-state index contributed by atoms with van der Waals surface area (Å²) >= 11 is 2.36. The van der Waals surface area contributed by atoms with Crippen LogP contribution < -0.4 is 0 Å². The Bertz CT molecular complexity index is 295. The molecule has 0 heterocycles. The summed E-state index contributed by atoms with van der Waals surface area (Å²) in [6, 6.07) is 9.63. The van der Waals surface area contributed by atoms with Gasteiger partial charge in [-0.2, -0.15) is 0 Å². The molecular formula is C13H17IO. The van der Waals surface area contributed by atoms with E-state index < -0.39 is 0 Å². The van der Waals surface area contributed by atoms with E-state index in [-0.39, 0.29) is 5.92 Å². The molecule has 0 saturated carbocycles. The fourth-order valence-corrected chi connectivity index (χ4v) is 2.12. The molecule has 0 aliphatic carbocycles. The van der Waals surface area contributed by atoms with Crippen LogP contribution in [-0.2, 0) is 0 Å². The van der Waals surface area contributed by atoms with Crippen molar-refractivity contribution >= 4 is 28.4 Å². The lowest BCUT2D eigenvalue weighted by molar-refractivity contribution is 0.0909. The average Bonchev–Trinajstić information content (AvgIpc) is 2.31. The SMILES string of the molecule is CCC(CCCI)C(=O)c1ccccc1. The zero-order chi connectivity index (χ0) is 11.1. The minimum atomic E-state index is 0.210. The molecule has 1 nitrogen and oxygen atoms in total. The van der Waals surface area contributed by atoms with E-state index in [1.54, 1.807) is 0 Å². The first kappa shape index (κ1) is 12.7. The van der Waals surface area contributed by atoms with Crippen molar-refractivity contribution in [3.8, 4) is 0 Å². The number of halogens is 1. The molecule has 0 N–H and O–H groups in total. The van der Waals surface area contributed by atoms with E-state index in [1.165, 1.54) is 0 Å². The van der Waals surface area contributed by atoms with Crippen molar-refractivity contribution in [3.05, 3.63) is 35.9 Å². The fourth-order valence-electron chi connectivity index (χ4n) is 1.68. The van der Waals surface area contributed by atoms with Crippen LogP contribution in [0.5, 0.6) is 0 Å². The predicted octanol–water partition coefficient (Wildman–Crippen LogP) is 4.11. The van der Waals surface area contributed by atoms with Crippen LogP contribution in [0.2, 0.25) is 0 Å². The van der Waals surface area contributed by atoms with Crippen molar-refractivity contribution in [2.75, 3.05) is 4.43 Å². The molecule has 0 fully saturated rings. The van der Waals surface area contributed by atoms with Gasteiger partial charge in [0.15, 0.2) is 5.78 Å². The van der Waals surface area contributed by atoms with Gasteiger partial charge in [0.2, 0.25) is 0 Å². The van der Waals surface area contributed by atoms with Crippen molar-refractivity contribution < 1.29 is 4.79 Å². The van der Waals surface area contributed by atoms with E-state index in [9.17, 15) is 4.79 Å². The van der Waals surface area contributed by atoms with Crippen LogP contribution in [0.4, 0.5) is 0 Å². The van der Waals surface area contributed by atoms with Crippen LogP contribution in [0.15, 0.2) is 30.3 Å². The lowest BCUT2D eigenvalue weighted by atomic mass is 9.91. The molecule has 0 aromatic heterocycles. The number of carbonyl (C=O) groups is 1. The molecule has 0 aliphatic heterocycles. The van der Waals surface area contributed by atoms with Gasteiger partial charge < -0.3 is 0 Å². The lowest BCUT2D eigenvalue weighted by Crippen LogP contribution is -2.14. The summed E-state index contributed by atoms with van der Waals surface area (Å²) in [4.78, 5) is 12.1. The van der Waals surface area contributed by atoms with Gasteiger partial charge >= 0.3 is 0 Å². The van der Waals surface area contributed by atoms with Crippen molar-refractivity contribution in [2.45, 2.75) is 26.2 Å². The maximum Gasteiger partial charge on any atom is 0.165 e. The topological polar surface area (TPSA) is 17.1 Å². The third-order valence-corrected chi connectivity index (χ3v) is 3.37. The number of Topliss-reactive ketones (excluding diaryl/α,β-unsaturated/α-hetero) is 1. The highest BCUT2D eigenvalue weighted by atomic mass is 127. The average molecular weight is 316 g/mol. The maximum absolute atomic E-state index is 12.1. The molecule has 2 heteroatoms. The first-order valence-electron chi connectivity index (χ1n) is 5.44. The molecule has 15 heavy (non-hydrogen) atoms. The van der Waals surface area contributed by atoms with Gasteiger partial charge in [-0.3, -0.25) is 4.79 Å². The van der Waals surface area contributed by atoms with Crippen LogP contribution >= 0.6 is 22.6 Å². The largest absolute Gasteiger partial charge is 0.294 e. The van der Waals surface area contributed by atoms with Gasteiger partial charge in [-0.15, -0.1) is 0 Å². The quantitative estimate of drug-likeness (QED) is 0.438. The molecule has 0 spiro atoms. The van der Waals surface area contributed by atoms with Crippen molar-refractivity contribution in [2.24, 2.45) is 5.92 Å². The Hall–Kier alpha value is -0.380. The third-order valence-electron chi connectivity index (χ3n) is 2.61. The molecule has 0 radical (unpaired) electrons. The van der Waals surface area contributed by atoms with Gasteiger partial charge in [0.1, 0.15) is 0 Å². The fraction of sp³-hybridized carbons (Fsp3) is 0.462. The first-order chi connectivity index (χ1) is 7.29. The summed E-state index contributed by atoms with van der Waals surface area (Å²) in [5, 5.41) is 0. The normalized spacial score (nSPS) is 12.4. The molecule has 1 atom stereocenters. The van der Waals surface area contributed by atoms with E-state index in [0.29, 0.717) is 5.78 Å². The van der Waals surface area contributed by atoms with E-state index in [4.69, 9.17) is 0 Å². The number of hydrogen-bond donors (Lipinski definition) is 0.